The molecule has 0 spiro atoms. The normalized spacial score (nSPS) is 11.6. The van der Waals surface area contributed by atoms with E-state index in [0.717, 1.165) is 11.3 Å². The lowest BCUT2D eigenvalue weighted by Crippen LogP contribution is -2.27. The molecule has 244 valence electrons. The van der Waals surface area contributed by atoms with Crippen molar-refractivity contribution in [2.45, 2.75) is 27.4 Å². The van der Waals surface area contributed by atoms with Crippen LogP contribution in [-0.4, -0.2) is 48.0 Å². The number of carbonyl (C=O) groups is 1. The van der Waals surface area contributed by atoms with Crippen LogP contribution in [0.2, 0.25) is 0 Å². The molecule has 2 heterocycles. The molecule has 0 radical (unpaired) electrons. The van der Waals surface area contributed by atoms with Gasteiger partial charge in [-0.2, -0.15) is 0 Å². The smallest absolute Gasteiger partial charge is 0.354 e. The molecule has 0 saturated carbocycles. The van der Waals surface area contributed by atoms with E-state index >= 15 is 0 Å². The number of hydrogen-bond donors (Lipinski definition) is 0. The average Bonchev–Trinajstić information content (AvgIpc) is 3.70. The fourth-order valence-corrected chi connectivity index (χ4v) is 6.06. The number of amides is 1. The fraction of sp³-hybridized carbons (Fsp3) is 0.229. The highest BCUT2D eigenvalue weighted by Gasteiger charge is 2.24. The summed E-state index contributed by atoms with van der Waals surface area (Å²) in [5.41, 5.74) is 3.19. The van der Waals surface area contributed by atoms with Crippen LogP contribution in [0.15, 0.2) is 95.3 Å². The number of aryl methyl sites for hydroxylation is 1. The predicted molar refractivity (Wildman–Crippen MR) is 180 cm³/mol. The van der Waals surface area contributed by atoms with E-state index in [9.17, 15) is 9.36 Å². The van der Waals surface area contributed by atoms with E-state index in [1.807, 2.05) is 67.6 Å². The highest BCUT2D eigenvalue weighted by Crippen LogP contribution is 2.50. The number of aromatic nitrogens is 3. The van der Waals surface area contributed by atoms with Crippen molar-refractivity contribution in [3.8, 4) is 28.6 Å². The number of anilines is 1. The average molecular weight is 657 g/mol. The third kappa shape index (κ3) is 7.89. The topological polar surface area (TPSA) is 118 Å². The monoisotopic (exact) mass is 656 g/mol. The van der Waals surface area contributed by atoms with E-state index in [1.165, 1.54) is 17.8 Å². The van der Waals surface area contributed by atoms with Gasteiger partial charge in [0.15, 0.2) is 17.3 Å². The second-order valence-corrected chi connectivity index (χ2v) is 12.2. The highest BCUT2D eigenvalue weighted by molar-refractivity contribution is 7.57. The Hall–Kier alpha value is -4.96. The Morgan fingerprint density at radius 3 is 2.32 bits per heavy atom. The molecule has 5 rings (SSSR count). The van der Waals surface area contributed by atoms with Gasteiger partial charge in [0, 0.05) is 35.8 Å². The molecule has 0 N–H and O–H groups in total. The van der Waals surface area contributed by atoms with Crippen molar-refractivity contribution in [3.63, 3.8) is 0 Å². The van der Waals surface area contributed by atoms with Gasteiger partial charge in [-0.15, -0.1) is 5.10 Å². The van der Waals surface area contributed by atoms with Crippen LogP contribution in [0.25, 0.3) is 23.2 Å². The maximum absolute atomic E-state index is 13.8. The number of methoxy groups -OCH3 is 1. The lowest BCUT2D eigenvalue weighted by atomic mass is 10.1. The quantitative estimate of drug-likeness (QED) is 0.110. The number of nitrogens with zero attached hydrogens (tertiary/aromatic N) is 4. The first-order valence-corrected chi connectivity index (χ1v) is 16.7. The van der Waals surface area contributed by atoms with Crippen LogP contribution in [0.3, 0.4) is 0 Å². The number of para-hydroxylation sites is 1. The molecule has 0 atom stereocenters. The van der Waals surface area contributed by atoms with Crippen LogP contribution < -0.4 is 14.4 Å². The van der Waals surface area contributed by atoms with E-state index < -0.39 is 7.60 Å². The van der Waals surface area contributed by atoms with Gasteiger partial charge in [0.05, 0.1) is 26.0 Å². The van der Waals surface area contributed by atoms with Crippen LogP contribution in [0.5, 0.6) is 11.5 Å². The van der Waals surface area contributed by atoms with Gasteiger partial charge in [-0.25, -0.2) is 9.67 Å². The predicted octanol–water partition coefficient (Wildman–Crippen LogP) is 7.94. The zero-order valence-electron chi connectivity index (χ0n) is 27.0. The van der Waals surface area contributed by atoms with Gasteiger partial charge < -0.3 is 22.9 Å². The molecule has 0 fully saturated rings. The molecule has 0 aliphatic carbocycles. The van der Waals surface area contributed by atoms with E-state index in [0.29, 0.717) is 45.8 Å². The van der Waals surface area contributed by atoms with Crippen LogP contribution in [0.4, 0.5) is 5.82 Å². The van der Waals surface area contributed by atoms with Gasteiger partial charge >= 0.3 is 7.60 Å². The standard InChI is InChI=1S/C35H37N4O7P/c1-6-44-47(41,45-7-2)21-20-28-23-39(29-16-12-9-13-17-29)37-33(28)38(4)35(40)27-18-19-31(32(22-27)42-5)43-24-30-25(3)46-34(36-30)26-14-10-8-11-15-26/h8-23H,6-7,24H2,1-5H3. The summed E-state index contributed by atoms with van der Waals surface area (Å²) < 4.78 is 43.1. The van der Waals surface area contributed by atoms with Gasteiger partial charge in [0.2, 0.25) is 5.89 Å². The molecule has 0 unspecified atom stereocenters. The number of carbonyl (C=O) groups excluding carboxylic acids is 1. The molecule has 5 aromatic rings. The molecule has 2 aromatic heterocycles. The third-order valence-corrected chi connectivity index (χ3v) is 8.86. The Kier molecular flexibility index (Phi) is 10.7. The fourth-order valence-electron chi connectivity index (χ4n) is 4.75. The van der Waals surface area contributed by atoms with Crippen molar-refractivity contribution in [2.24, 2.45) is 0 Å². The van der Waals surface area contributed by atoms with Crippen LogP contribution >= 0.6 is 7.60 Å². The van der Waals surface area contributed by atoms with Crippen molar-refractivity contribution in [2.75, 3.05) is 32.3 Å². The summed E-state index contributed by atoms with van der Waals surface area (Å²) >= 11 is 0. The first-order chi connectivity index (χ1) is 22.7. The zero-order valence-corrected chi connectivity index (χ0v) is 27.8. The van der Waals surface area contributed by atoms with E-state index in [1.54, 1.807) is 56.0 Å². The van der Waals surface area contributed by atoms with Gasteiger partial charge in [-0.05, 0) is 69.3 Å². The molecule has 1 amide bonds. The summed E-state index contributed by atoms with van der Waals surface area (Å²) in [5.74, 6) is 3.36. The molecule has 0 saturated heterocycles. The molecule has 0 bridgehead atoms. The SMILES string of the molecule is CCOP(=O)(C=Cc1cn(-c2ccccc2)nc1N(C)C(=O)c1ccc(OCc2nc(-c3ccccc3)oc2C)c(OC)c1)OCC. The van der Waals surface area contributed by atoms with Gasteiger partial charge in [-0.1, -0.05) is 36.4 Å². The van der Waals surface area contributed by atoms with Crippen LogP contribution in [0.1, 0.15) is 41.2 Å². The number of hydrogen-bond acceptors (Lipinski definition) is 9. The summed E-state index contributed by atoms with van der Waals surface area (Å²) in [7, 11) is -0.374. The first-order valence-electron chi connectivity index (χ1n) is 15.1. The molecule has 12 heteroatoms. The van der Waals surface area contributed by atoms with Crippen molar-refractivity contribution in [3.05, 3.63) is 113 Å². The lowest BCUT2D eigenvalue weighted by molar-refractivity contribution is 0.0991. The maximum Gasteiger partial charge on any atom is 0.354 e. The van der Waals surface area contributed by atoms with Crippen molar-refractivity contribution < 1.29 is 32.3 Å². The minimum atomic E-state index is -3.50. The van der Waals surface area contributed by atoms with E-state index in [4.69, 9.17) is 28.0 Å². The molecule has 11 nitrogen and oxygen atoms in total. The molecule has 47 heavy (non-hydrogen) atoms. The van der Waals surface area contributed by atoms with Gasteiger partial charge in [-0.3, -0.25) is 14.3 Å². The summed E-state index contributed by atoms with van der Waals surface area (Å²) in [6.45, 7) is 5.89. The number of benzene rings is 3. The maximum atomic E-state index is 13.8. The summed E-state index contributed by atoms with van der Waals surface area (Å²) in [4.78, 5) is 19.8. The molecule has 0 aliphatic rings. The lowest BCUT2D eigenvalue weighted by Gasteiger charge is -2.17. The Morgan fingerprint density at radius 2 is 1.66 bits per heavy atom. The third-order valence-electron chi connectivity index (χ3n) is 7.11. The first kappa shape index (κ1) is 33.4. The number of ether oxygens (including phenoxy) is 2. The highest BCUT2D eigenvalue weighted by atomic mass is 31.2. The second kappa shape index (κ2) is 15.1. The largest absolute Gasteiger partial charge is 0.493 e. The number of rotatable bonds is 14. The van der Waals surface area contributed by atoms with E-state index in [2.05, 4.69) is 4.98 Å². The molecular weight excluding hydrogens is 619 g/mol. The Balaban J connectivity index is 1.39. The Morgan fingerprint density at radius 1 is 0.979 bits per heavy atom. The van der Waals surface area contributed by atoms with Crippen LogP contribution in [0, 0.1) is 6.92 Å². The molecular formula is C35H37N4O7P. The molecule has 0 aliphatic heterocycles. The van der Waals surface area contributed by atoms with Crippen molar-refractivity contribution in [1.29, 1.82) is 0 Å². The number of oxazole rings is 1. The zero-order chi connectivity index (χ0) is 33.4. The van der Waals surface area contributed by atoms with Gasteiger partial charge in [0.1, 0.15) is 18.1 Å². The van der Waals surface area contributed by atoms with Gasteiger partial charge in [0.25, 0.3) is 5.91 Å². The minimum absolute atomic E-state index is 0.145. The Bertz CT molecular complexity index is 1880. The van der Waals surface area contributed by atoms with Crippen molar-refractivity contribution >= 4 is 25.4 Å². The van der Waals surface area contributed by atoms with E-state index in [-0.39, 0.29) is 25.7 Å². The summed E-state index contributed by atoms with van der Waals surface area (Å²) in [6, 6.07) is 24.0. The minimum Gasteiger partial charge on any atom is -0.493 e. The summed E-state index contributed by atoms with van der Waals surface area (Å²) in [5, 5.41) is 4.70. The Labute approximate surface area is 273 Å². The summed E-state index contributed by atoms with van der Waals surface area (Å²) in [6.07, 6.45) is 3.35. The van der Waals surface area contributed by atoms with Crippen LogP contribution in [-0.2, 0) is 20.2 Å². The second-order valence-electron chi connectivity index (χ2n) is 10.3. The van der Waals surface area contributed by atoms with Crippen molar-refractivity contribution in [1.82, 2.24) is 14.8 Å². The molecule has 3 aromatic carbocycles.